The Morgan fingerprint density at radius 1 is 0.742 bits per heavy atom. The minimum atomic E-state index is -6.30. The number of carbonyl (C=O) groups is 1. The lowest BCUT2D eigenvalue weighted by atomic mass is 9.61. The van der Waals surface area contributed by atoms with Crippen LogP contribution in [0.4, 0.5) is 57.1 Å². The molecule has 1 aliphatic rings. The first-order valence-corrected chi connectivity index (χ1v) is 8.70. The third-order valence-electron chi connectivity index (χ3n) is 5.79. The fourth-order valence-corrected chi connectivity index (χ4v) is 4.01. The van der Waals surface area contributed by atoms with Crippen molar-refractivity contribution in [3.63, 3.8) is 0 Å². The van der Waals surface area contributed by atoms with Gasteiger partial charge in [-0.1, -0.05) is 0 Å². The van der Waals surface area contributed by atoms with E-state index in [1.54, 1.807) is 0 Å². The van der Waals surface area contributed by atoms with Crippen molar-refractivity contribution in [1.82, 2.24) is 0 Å². The summed E-state index contributed by atoms with van der Waals surface area (Å²) in [6, 6.07) is 0. The Hall–Kier alpha value is -1.28. The van der Waals surface area contributed by atoms with Crippen LogP contribution in [0.25, 0.3) is 0 Å². The topological polar surface area (TPSA) is 37.3 Å². The molecule has 15 heteroatoms. The molecular formula is C16H17F13O2. The predicted molar refractivity (Wildman–Crippen MR) is 77.2 cm³/mol. The van der Waals surface area contributed by atoms with Crippen LogP contribution in [0.5, 0.6) is 0 Å². The third-order valence-corrected chi connectivity index (χ3v) is 5.79. The minimum absolute atomic E-state index is 0.392. The van der Waals surface area contributed by atoms with Gasteiger partial charge in [0.25, 0.3) is 5.60 Å². The molecule has 1 rings (SSSR count). The Morgan fingerprint density at radius 3 is 1.32 bits per heavy atom. The van der Waals surface area contributed by atoms with Crippen LogP contribution < -0.4 is 0 Å². The fraction of sp³-hybridized carbons (Fsp3) is 0.938. The Bertz CT molecular complexity index is 606. The Morgan fingerprint density at radius 2 is 1.06 bits per heavy atom. The van der Waals surface area contributed by atoms with Crippen molar-refractivity contribution in [2.45, 2.75) is 75.5 Å². The zero-order valence-electron chi connectivity index (χ0n) is 15.5. The van der Waals surface area contributed by atoms with Crippen LogP contribution in [0.3, 0.4) is 0 Å². The van der Waals surface area contributed by atoms with Crippen molar-refractivity contribution in [2.75, 3.05) is 0 Å². The summed E-state index contributed by atoms with van der Waals surface area (Å²) >= 11 is 0. The summed E-state index contributed by atoms with van der Waals surface area (Å²) in [5.41, 5.74) is -10.2. The molecular weight excluding hydrogens is 471 g/mol. The first-order valence-electron chi connectivity index (χ1n) is 8.70. The van der Waals surface area contributed by atoms with Gasteiger partial charge in [-0.25, -0.2) is 4.39 Å². The molecule has 31 heavy (non-hydrogen) atoms. The molecule has 1 unspecified atom stereocenters. The van der Waals surface area contributed by atoms with E-state index in [1.165, 1.54) is 0 Å². The molecule has 1 atom stereocenters. The highest BCUT2D eigenvalue weighted by molar-refractivity contribution is 5.83. The van der Waals surface area contributed by atoms with Crippen LogP contribution >= 0.6 is 0 Å². The van der Waals surface area contributed by atoms with E-state index in [0.29, 0.717) is 6.92 Å². The summed E-state index contributed by atoms with van der Waals surface area (Å²) in [4.78, 5) is 11.5. The lowest BCUT2D eigenvalue weighted by molar-refractivity contribution is -0.391. The van der Waals surface area contributed by atoms with E-state index in [9.17, 15) is 67.0 Å². The van der Waals surface area contributed by atoms with Crippen molar-refractivity contribution >= 4 is 5.78 Å². The lowest BCUT2D eigenvalue weighted by Gasteiger charge is -2.48. The molecule has 1 aliphatic carbocycles. The van der Waals surface area contributed by atoms with Crippen molar-refractivity contribution in [2.24, 2.45) is 17.3 Å². The molecule has 1 fully saturated rings. The van der Waals surface area contributed by atoms with Crippen LogP contribution in [0.1, 0.15) is 39.0 Å². The molecule has 0 heterocycles. The van der Waals surface area contributed by atoms with Crippen molar-refractivity contribution < 1.29 is 67.0 Å². The Kier molecular flexibility index (Phi) is 7.39. The van der Waals surface area contributed by atoms with Crippen LogP contribution in [0, 0.1) is 17.3 Å². The normalized spacial score (nSPS) is 23.6. The van der Waals surface area contributed by atoms with E-state index in [1.807, 2.05) is 0 Å². The van der Waals surface area contributed by atoms with Gasteiger partial charge in [0.2, 0.25) is 0 Å². The molecule has 0 saturated heterocycles. The third kappa shape index (κ3) is 4.75. The first kappa shape index (κ1) is 27.8. The molecule has 0 aromatic carbocycles. The number of halogens is 13. The second-order valence-electron chi connectivity index (χ2n) is 7.54. The standard InChI is InChI=1S/C16H17F13O2/c1-7(17)10(30)6-11(13(18,19)20,14(21,22)23)8-2-4-9(5-3-8)12(31,15(24,25)26)16(27,28)29/h7-9,31H,2-6H2,1H3. The average molecular weight is 488 g/mol. The molecule has 0 radical (unpaired) electrons. The van der Waals surface area contributed by atoms with Gasteiger partial charge in [0.1, 0.15) is 0 Å². The average Bonchev–Trinajstić information content (AvgIpc) is 2.54. The van der Waals surface area contributed by atoms with Gasteiger partial charge in [-0.3, -0.25) is 4.79 Å². The van der Waals surface area contributed by atoms with Gasteiger partial charge in [-0.15, -0.1) is 0 Å². The minimum Gasteiger partial charge on any atom is -0.373 e. The SMILES string of the molecule is CC(F)C(=O)CC(C1CCC(C(O)(C(F)(F)F)C(F)(F)F)CC1)(C(F)(F)F)C(F)(F)F. The highest BCUT2D eigenvalue weighted by Crippen LogP contribution is 2.62. The largest absolute Gasteiger partial charge is 0.426 e. The monoisotopic (exact) mass is 488 g/mol. The number of aliphatic hydroxyl groups is 1. The van der Waals surface area contributed by atoms with Gasteiger partial charge in [-0.05, 0) is 38.5 Å². The predicted octanol–water partition coefficient (Wildman–Crippen LogP) is 6.08. The number of carbonyl (C=O) groups excluding carboxylic acids is 1. The van der Waals surface area contributed by atoms with Gasteiger partial charge in [0.15, 0.2) is 17.4 Å². The van der Waals surface area contributed by atoms with Crippen molar-refractivity contribution in [3.05, 3.63) is 0 Å². The maximum absolute atomic E-state index is 13.6. The number of ketones is 1. The smallest absolute Gasteiger partial charge is 0.373 e. The molecule has 2 nitrogen and oxygen atoms in total. The van der Waals surface area contributed by atoms with Gasteiger partial charge in [-0.2, -0.15) is 52.7 Å². The second kappa shape index (κ2) is 8.25. The van der Waals surface area contributed by atoms with Gasteiger partial charge in [0, 0.05) is 12.3 Å². The van der Waals surface area contributed by atoms with Gasteiger partial charge >= 0.3 is 24.7 Å². The Labute approximate surface area is 166 Å². The zero-order valence-corrected chi connectivity index (χ0v) is 15.5. The molecule has 0 spiro atoms. The highest BCUT2D eigenvalue weighted by atomic mass is 19.4. The highest BCUT2D eigenvalue weighted by Gasteiger charge is 2.77. The summed E-state index contributed by atoms with van der Waals surface area (Å²) < 4.78 is 172. The molecule has 0 amide bonds. The molecule has 0 aromatic rings. The summed E-state index contributed by atoms with van der Waals surface area (Å²) in [5, 5.41) is 9.34. The van der Waals surface area contributed by atoms with E-state index in [2.05, 4.69) is 0 Å². The first-order chi connectivity index (χ1) is 13.5. The number of hydrogen-bond donors (Lipinski definition) is 1. The molecule has 184 valence electrons. The van der Waals surface area contributed by atoms with Gasteiger partial charge < -0.3 is 5.11 Å². The van der Waals surface area contributed by atoms with E-state index >= 15 is 0 Å². The second-order valence-corrected chi connectivity index (χ2v) is 7.54. The maximum Gasteiger partial charge on any atom is 0.426 e. The fourth-order valence-electron chi connectivity index (χ4n) is 4.01. The number of hydrogen-bond acceptors (Lipinski definition) is 2. The molecule has 1 N–H and O–H groups in total. The summed E-state index contributed by atoms with van der Waals surface area (Å²) in [6.07, 6.45) is -36.1. The Balaban J connectivity index is 3.40. The number of Topliss-reactive ketones (excluding diaryl/α,β-unsaturated/α-hetero) is 1. The van der Waals surface area contributed by atoms with E-state index < -0.39 is 91.6 Å². The quantitative estimate of drug-likeness (QED) is 0.477. The number of rotatable bonds is 5. The van der Waals surface area contributed by atoms with Crippen molar-refractivity contribution in [3.8, 4) is 0 Å². The number of alkyl halides is 13. The molecule has 0 bridgehead atoms. The van der Waals surface area contributed by atoms with Crippen molar-refractivity contribution in [1.29, 1.82) is 0 Å². The molecule has 1 saturated carbocycles. The summed E-state index contributed by atoms with van der Waals surface area (Å²) in [5.74, 6) is -7.49. The molecule has 0 aromatic heterocycles. The summed E-state index contributed by atoms with van der Waals surface area (Å²) in [6.45, 7) is 0.392. The summed E-state index contributed by atoms with van der Waals surface area (Å²) in [7, 11) is 0. The van der Waals surface area contributed by atoms with E-state index in [4.69, 9.17) is 0 Å². The van der Waals surface area contributed by atoms with Crippen LogP contribution in [0.2, 0.25) is 0 Å². The van der Waals surface area contributed by atoms with Crippen LogP contribution in [0.15, 0.2) is 0 Å². The van der Waals surface area contributed by atoms with Gasteiger partial charge in [0.05, 0.1) is 0 Å². The van der Waals surface area contributed by atoms with E-state index in [-0.39, 0.29) is 0 Å². The van der Waals surface area contributed by atoms with Crippen LogP contribution in [-0.4, -0.2) is 47.4 Å². The van der Waals surface area contributed by atoms with Crippen LogP contribution in [-0.2, 0) is 4.79 Å². The van der Waals surface area contributed by atoms with E-state index in [0.717, 1.165) is 0 Å². The molecule has 0 aliphatic heterocycles. The zero-order chi connectivity index (χ0) is 24.8. The lowest BCUT2D eigenvalue weighted by Crippen LogP contribution is -2.63. The maximum atomic E-state index is 13.6.